The first-order chi connectivity index (χ1) is 11.5. The Bertz CT molecular complexity index is 797. The van der Waals surface area contributed by atoms with E-state index in [4.69, 9.17) is 5.11 Å². The molecule has 4 rings (SSSR count). The number of piperidine rings is 1. The van der Waals surface area contributed by atoms with Gasteiger partial charge in [0.05, 0.1) is 5.69 Å². The maximum atomic E-state index is 12.7. The largest absolute Gasteiger partial charge is 0.465 e. The Hall–Kier alpha value is -2.55. The number of carbonyl (C=O) groups is 2. The van der Waals surface area contributed by atoms with Gasteiger partial charge >= 0.3 is 6.09 Å². The van der Waals surface area contributed by atoms with Crippen molar-refractivity contribution in [2.24, 2.45) is 11.8 Å². The van der Waals surface area contributed by atoms with E-state index in [2.05, 4.69) is 20.3 Å². The van der Waals surface area contributed by atoms with Crippen LogP contribution in [-0.2, 0) is 0 Å². The van der Waals surface area contributed by atoms with Gasteiger partial charge in [0.2, 0.25) is 0 Å². The molecule has 124 valence electrons. The SMILES string of the molecule is Cc1nc(-c2ncccn2)sc1C(=O)N1C[C@@H]2[C@H](C1)[C@@H]2NC(=O)O. The minimum atomic E-state index is -1.00. The second kappa shape index (κ2) is 5.52. The van der Waals surface area contributed by atoms with Gasteiger partial charge in [0.25, 0.3) is 5.91 Å². The molecule has 3 atom stereocenters. The molecular formula is C15H15N5O3S. The highest BCUT2D eigenvalue weighted by atomic mass is 32.1. The zero-order valence-corrected chi connectivity index (χ0v) is 13.7. The first-order valence-corrected chi connectivity index (χ1v) is 8.40. The van der Waals surface area contributed by atoms with Crippen molar-refractivity contribution in [3.05, 3.63) is 29.0 Å². The number of likely N-dealkylation sites (tertiary alicyclic amines) is 1. The lowest BCUT2D eigenvalue weighted by Gasteiger charge is -2.19. The maximum Gasteiger partial charge on any atom is 0.404 e. The Kier molecular flexibility index (Phi) is 3.45. The Labute approximate surface area is 141 Å². The summed E-state index contributed by atoms with van der Waals surface area (Å²) in [5.41, 5.74) is 0.674. The van der Waals surface area contributed by atoms with Crippen molar-refractivity contribution < 1.29 is 14.7 Å². The molecule has 2 amide bonds. The average molecular weight is 345 g/mol. The smallest absolute Gasteiger partial charge is 0.404 e. The summed E-state index contributed by atoms with van der Waals surface area (Å²) in [7, 11) is 0. The first-order valence-electron chi connectivity index (χ1n) is 7.58. The quantitative estimate of drug-likeness (QED) is 0.866. The fraction of sp³-hybridized carbons (Fsp3) is 0.400. The third-order valence-corrected chi connectivity index (χ3v) is 5.66. The molecule has 2 fully saturated rings. The molecular weight excluding hydrogens is 330 g/mol. The van der Waals surface area contributed by atoms with E-state index >= 15 is 0 Å². The number of rotatable bonds is 3. The third-order valence-electron chi connectivity index (χ3n) is 4.52. The Morgan fingerprint density at radius 2 is 1.96 bits per heavy atom. The molecule has 9 heteroatoms. The summed E-state index contributed by atoms with van der Waals surface area (Å²) in [6.07, 6.45) is 2.28. The van der Waals surface area contributed by atoms with Crippen LogP contribution in [0.1, 0.15) is 15.4 Å². The van der Waals surface area contributed by atoms with Gasteiger partial charge in [-0.05, 0) is 13.0 Å². The Morgan fingerprint density at radius 1 is 1.29 bits per heavy atom. The number of amides is 2. The highest BCUT2D eigenvalue weighted by Gasteiger charge is 2.57. The summed E-state index contributed by atoms with van der Waals surface area (Å²) in [6.45, 7) is 2.98. The number of aromatic nitrogens is 3. The molecule has 0 bridgehead atoms. The molecule has 2 aromatic rings. The van der Waals surface area contributed by atoms with Crippen LogP contribution < -0.4 is 5.32 Å². The summed E-state index contributed by atoms with van der Waals surface area (Å²) >= 11 is 1.30. The molecule has 0 radical (unpaired) electrons. The van der Waals surface area contributed by atoms with Crippen LogP contribution in [0.4, 0.5) is 4.79 Å². The van der Waals surface area contributed by atoms with Gasteiger partial charge in [0, 0.05) is 43.4 Å². The maximum absolute atomic E-state index is 12.7. The number of hydrogen-bond acceptors (Lipinski definition) is 6. The van der Waals surface area contributed by atoms with Crippen molar-refractivity contribution in [3.8, 4) is 10.8 Å². The lowest BCUT2D eigenvalue weighted by atomic mass is 10.3. The number of nitrogens with one attached hydrogen (secondary N) is 1. The van der Waals surface area contributed by atoms with Gasteiger partial charge in [-0.3, -0.25) is 4.79 Å². The molecule has 0 unspecified atom stereocenters. The van der Waals surface area contributed by atoms with Crippen molar-refractivity contribution in [2.45, 2.75) is 13.0 Å². The topological polar surface area (TPSA) is 108 Å². The average Bonchev–Trinajstić information content (AvgIpc) is 2.95. The van der Waals surface area contributed by atoms with Crippen LogP contribution in [0.15, 0.2) is 18.5 Å². The number of aryl methyl sites for hydroxylation is 1. The second-order valence-electron chi connectivity index (χ2n) is 6.02. The lowest BCUT2D eigenvalue weighted by Crippen LogP contribution is -2.36. The third kappa shape index (κ3) is 2.50. The number of carboxylic acid groups (broad SMARTS) is 1. The van der Waals surface area contributed by atoms with Gasteiger partial charge in [-0.2, -0.15) is 0 Å². The van der Waals surface area contributed by atoms with E-state index < -0.39 is 6.09 Å². The van der Waals surface area contributed by atoms with E-state index in [1.807, 2.05) is 6.92 Å². The number of hydrogen-bond donors (Lipinski definition) is 2. The Balaban J connectivity index is 1.47. The fourth-order valence-electron chi connectivity index (χ4n) is 3.29. The van der Waals surface area contributed by atoms with Crippen LogP contribution in [0.5, 0.6) is 0 Å². The molecule has 2 aliphatic rings. The zero-order valence-electron chi connectivity index (χ0n) is 12.8. The van der Waals surface area contributed by atoms with Crippen LogP contribution in [-0.4, -0.2) is 56.1 Å². The number of nitrogens with zero attached hydrogens (tertiary/aromatic N) is 4. The van der Waals surface area contributed by atoms with Gasteiger partial charge in [0.1, 0.15) is 4.88 Å². The van der Waals surface area contributed by atoms with Crippen LogP contribution in [0.2, 0.25) is 0 Å². The number of thiazole rings is 1. The van der Waals surface area contributed by atoms with Gasteiger partial charge in [0.15, 0.2) is 10.8 Å². The van der Waals surface area contributed by atoms with Crippen molar-refractivity contribution in [1.29, 1.82) is 0 Å². The summed E-state index contributed by atoms with van der Waals surface area (Å²) in [6, 6.07) is 1.72. The van der Waals surface area contributed by atoms with Crippen LogP contribution in [0, 0.1) is 18.8 Å². The molecule has 1 saturated heterocycles. The molecule has 0 spiro atoms. The highest BCUT2D eigenvalue weighted by Crippen LogP contribution is 2.46. The normalized spacial score (nSPS) is 24.5. The molecule has 1 aliphatic heterocycles. The molecule has 2 N–H and O–H groups in total. The van der Waals surface area contributed by atoms with Crippen molar-refractivity contribution in [3.63, 3.8) is 0 Å². The van der Waals surface area contributed by atoms with Crippen molar-refractivity contribution in [2.75, 3.05) is 13.1 Å². The lowest BCUT2D eigenvalue weighted by molar-refractivity contribution is 0.0775. The number of carbonyl (C=O) groups excluding carboxylic acids is 1. The summed E-state index contributed by atoms with van der Waals surface area (Å²) in [5, 5.41) is 11.9. The monoisotopic (exact) mass is 345 g/mol. The van der Waals surface area contributed by atoms with E-state index in [0.717, 1.165) is 0 Å². The first kappa shape index (κ1) is 15.0. The van der Waals surface area contributed by atoms with E-state index in [-0.39, 0.29) is 23.8 Å². The zero-order chi connectivity index (χ0) is 16.8. The molecule has 2 aromatic heterocycles. The molecule has 1 saturated carbocycles. The molecule has 8 nitrogen and oxygen atoms in total. The number of fused-ring (bicyclic) bond motifs is 1. The van der Waals surface area contributed by atoms with Crippen LogP contribution in [0.3, 0.4) is 0 Å². The van der Waals surface area contributed by atoms with Gasteiger partial charge in [-0.15, -0.1) is 11.3 Å². The van der Waals surface area contributed by atoms with E-state index in [1.54, 1.807) is 23.4 Å². The predicted molar refractivity (Wildman–Crippen MR) is 85.7 cm³/mol. The molecule has 3 heterocycles. The van der Waals surface area contributed by atoms with Gasteiger partial charge in [-0.1, -0.05) is 0 Å². The highest BCUT2D eigenvalue weighted by molar-refractivity contribution is 7.17. The summed E-state index contributed by atoms with van der Waals surface area (Å²) < 4.78 is 0. The van der Waals surface area contributed by atoms with Gasteiger partial charge in [-0.25, -0.2) is 19.7 Å². The minimum absolute atomic E-state index is 0.0117. The van der Waals surface area contributed by atoms with Crippen LogP contribution in [0.25, 0.3) is 10.8 Å². The van der Waals surface area contributed by atoms with E-state index in [0.29, 0.717) is 34.5 Å². The molecule has 24 heavy (non-hydrogen) atoms. The Morgan fingerprint density at radius 3 is 2.58 bits per heavy atom. The summed E-state index contributed by atoms with van der Waals surface area (Å²) in [5.74, 6) is 0.929. The summed E-state index contributed by atoms with van der Waals surface area (Å²) in [4.78, 5) is 38.5. The van der Waals surface area contributed by atoms with Gasteiger partial charge < -0.3 is 15.3 Å². The molecule has 0 aromatic carbocycles. The predicted octanol–water partition coefficient (Wildman–Crippen LogP) is 1.25. The fourth-order valence-corrected chi connectivity index (χ4v) is 4.27. The second-order valence-corrected chi connectivity index (χ2v) is 7.02. The van der Waals surface area contributed by atoms with E-state index in [9.17, 15) is 9.59 Å². The van der Waals surface area contributed by atoms with Crippen molar-refractivity contribution in [1.82, 2.24) is 25.2 Å². The molecule has 1 aliphatic carbocycles. The standard InChI is InChI=1S/C15H15N5O3S/c1-7-11(24-13(18-7)12-16-3-2-4-17-12)14(21)20-5-8-9(6-20)10(8)19-15(22)23/h2-4,8-10,19H,5-6H2,1H3,(H,22,23)/t8-,9+,10-. The van der Waals surface area contributed by atoms with Crippen molar-refractivity contribution >= 4 is 23.3 Å². The van der Waals surface area contributed by atoms with E-state index in [1.165, 1.54) is 11.3 Å². The van der Waals surface area contributed by atoms with Crippen LogP contribution >= 0.6 is 11.3 Å². The minimum Gasteiger partial charge on any atom is -0.465 e.